The van der Waals surface area contributed by atoms with Crippen LogP contribution in [0.15, 0.2) is 77.9 Å². The normalized spacial score (nSPS) is 10.6. The largest absolute Gasteiger partial charge is 0.494 e. The van der Waals surface area contributed by atoms with E-state index in [1.165, 1.54) is 6.21 Å². The van der Waals surface area contributed by atoms with E-state index in [1.54, 1.807) is 72.8 Å². The van der Waals surface area contributed by atoms with Gasteiger partial charge in [0.2, 0.25) is 0 Å². The summed E-state index contributed by atoms with van der Waals surface area (Å²) in [6, 6.07) is 20.1. The lowest BCUT2D eigenvalue weighted by Gasteiger charge is -2.07. The molecule has 0 spiro atoms. The van der Waals surface area contributed by atoms with Gasteiger partial charge in [-0.3, -0.25) is 9.59 Å². The summed E-state index contributed by atoms with van der Waals surface area (Å²) in [4.78, 5) is 36.5. The minimum absolute atomic E-state index is 0.232. The molecule has 38 heavy (non-hydrogen) atoms. The molecule has 0 saturated carbocycles. The summed E-state index contributed by atoms with van der Waals surface area (Å²) in [7, 11) is 0. The zero-order valence-corrected chi connectivity index (χ0v) is 21.4. The zero-order valence-electron chi connectivity index (χ0n) is 21.4. The fraction of sp³-hybridized carbons (Fsp3) is 0.241. The number of benzene rings is 3. The molecule has 2 amide bonds. The molecule has 0 fully saturated rings. The van der Waals surface area contributed by atoms with Crippen LogP contribution in [0.4, 0.5) is 0 Å². The minimum Gasteiger partial charge on any atom is -0.494 e. The Hall–Kier alpha value is -4.66. The summed E-state index contributed by atoms with van der Waals surface area (Å²) in [6.45, 7) is 4.91. The second-order valence-electron chi connectivity index (χ2n) is 8.12. The van der Waals surface area contributed by atoms with Crippen LogP contribution in [-0.2, 0) is 4.79 Å². The monoisotopic (exact) mass is 517 g/mol. The van der Waals surface area contributed by atoms with E-state index in [4.69, 9.17) is 14.2 Å². The number of ether oxygens (including phenoxy) is 3. The second-order valence-corrected chi connectivity index (χ2v) is 8.12. The van der Waals surface area contributed by atoms with Crippen LogP contribution >= 0.6 is 0 Å². The Morgan fingerprint density at radius 2 is 1.39 bits per heavy atom. The van der Waals surface area contributed by atoms with E-state index in [0.717, 1.165) is 12.8 Å². The van der Waals surface area contributed by atoms with Crippen LogP contribution in [0.1, 0.15) is 53.0 Å². The van der Waals surface area contributed by atoms with E-state index in [-0.39, 0.29) is 12.5 Å². The number of nitrogens with zero attached hydrogens (tertiary/aromatic N) is 1. The summed E-state index contributed by atoms with van der Waals surface area (Å²) >= 11 is 0. The number of esters is 1. The van der Waals surface area contributed by atoms with Gasteiger partial charge in [-0.1, -0.05) is 13.3 Å². The predicted octanol–water partition coefficient (Wildman–Crippen LogP) is 4.36. The minimum atomic E-state index is -0.480. The molecule has 0 heterocycles. The smallest absolute Gasteiger partial charge is 0.343 e. The van der Waals surface area contributed by atoms with E-state index in [2.05, 4.69) is 22.8 Å². The molecule has 3 aromatic carbocycles. The molecule has 9 heteroatoms. The molecule has 0 aliphatic rings. The van der Waals surface area contributed by atoms with Crippen molar-refractivity contribution >= 4 is 24.0 Å². The van der Waals surface area contributed by atoms with Gasteiger partial charge in [0.1, 0.15) is 17.2 Å². The number of rotatable bonds is 13. The molecule has 3 aromatic rings. The Kier molecular flexibility index (Phi) is 10.9. The Morgan fingerprint density at radius 1 is 0.789 bits per heavy atom. The number of hydrogen-bond donors (Lipinski definition) is 2. The summed E-state index contributed by atoms with van der Waals surface area (Å²) in [5.74, 6) is 0.408. The van der Waals surface area contributed by atoms with Gasteiger partial charge in [0.15, 0.2) is 0 Å². The first-order valence-electron chi connectivity index (χ1n) is 12.4. The molecular weight excluding hydrogens is 486 g/mol. The molecule has 0 aliphatic carbocycles. The lowest BCUT2D eigenvalue weighted by molar-refractivity contribution is -0.120. The second kappa shape index (κ2) is 14.8. The molecule has 0 aliphatic heterocycles. The maximum atomic E-state index is 12.4. The molecule has 198 valence electrons. The lowest BCUT2D eigenvalue weighted by atomic mass is 10.2. The van der Waals surface area contributed by atoms with Crippen molar-refractivity contribution < 1.29 is 28.6 Å². The van der Waals surface area contributed by atoms with Crippen molar-refractivity contribution in [3.8, 4) is 17.2 Å². The van der Waals surface area contributed by atoms with E-state index in [0.29, 0.717) is 47.2 Å². The van der Waals surface area contributed by atoms with E-state index in [1.807, 2.05) is 6.92 Å². The average Bonchev–Trinajstić information content (AvgIpc) is 2.94. The van der Waals surface area contributed by atoms with Crippen molar-refractivity contribution in [3.63, 3.8) is 0 Å². The van der Waals surface area contributed by atoms with Crippen LogP contribution in [0, 0.1) is 0 Å². The van der Waals surface area contributed by atoms with Crippen molar-refractivity contribution in [2.75, 3.05) is 19.8 Å². The number of nitrogens with one attached hydrogen (secondary N) is 2. The number of amides is 2. The quantitative estimate of drug-likeness (QED) is 0.114. The summed E-state index contributed by atoms with van der Waals surface area (Å²) in [5, 5.41) is 6.42. The van der Waals surface area contributed by atoms with E-state index in [9.17, 15) is 14.4 Å². The Bertz CT molecular complexity index is 1220. The highest BCUT2D eigenvalue weighted by Crippen LogP contribution is 2.17. The van der Waals surface area contributed by atoms with E-state index >= 15 is 0 Å². The third-order valence-electron chi connectivity index (χ3n) is 5.19. The maximum Gasteiger partial charge on any atom is 0.343 e. The Morgan fingerprint density at radius 3 is 2.03 bits per heavy atom. The lowest BCUT2D eigenvalue weighted by Crippen LogP contribution is -2.34. The molecule has 2 N–H and O–H groups in total. The highest BCUT2D eigenvalue weighted by molar-refractivity contribution is 5.96. The average molecular weight is 518 g/mol. The van der Waals surface area contributed by atoms with Gasteiger partial charge in [0, 0.05) is 5.56 Å². The predicted molar refractivity (Wildman–Crippen MR) is 144 cm³/mol. The summed E-state index contributed by atoms with van der Waals surface area (Å²) < 4.78 is 16.3. The molecule has 0 atom stereocenters. The van der Waals surface area contributed by atoms with Gasteiger partial charge >= 0.3 is 5.97 Å². The van der Waals surface area contributed by atoms with Gasteiger partial charge in [-0.2, -0.15) is 5.10 Å². The van der Waals surface area contributed by atoms with Crippen molar-refractivity contribution in [2.45, 2.75) is 26.7 Å². The molecule has 9 nitrogen and oxygen atoms in total. The number of hydrogen-bond acceptors (Lipinski definition) is 7. The first kappa shape index (κ1) is 27.9. The molecular formula is C29H31N3O6. The number of unbranched alkanes of at least 4 members (excludes halogenated alkanes) is 1. The van der Waals surface area contributed by atoms with Gasteiger partial charge in [-0.05, 0) is 91.7 Å². The Labute approximate surface area is 221 Å². The summed E-state index contributed by atoms with van der Waals surface area (Å²) in [5.41, 5.74) is 3.86. The first-order chi connectivity index (χ1) is 18.5. The fourth-order valence-electron chi connectivity index (χ4n) is 3.16. The van der Waals surface area contributed by atoms with Crippen molar-refractivity contribution in [2.24, 2.45) is 5.10 Å². The number of carbonyl (C=O) groups is 3. The molecule has 0 saturated heterocycles. The van der Waals surface area contributed by atoms with Crippen LogP contribution in [0.2, 0.25) is 0 Å². The van der Waals surface area contributed by atoms with Gasteiger partial charge in [-0.25, -0.2) is 10.2 Å². The van der Waals surface area contributed by atoms with Crippen LogP contribution in [-0.4, -0.2) is 43.8 Å². The van der Waals surface area contributed by atoms with Gasteiger partial charge < -0.3 is 19.5 Å². The third kappa shape index (κ3) is 9.09. The van der Waals surface area contributed by atoms with Crippen LogP contribution in [0.5, 0.6) is 17.2 Å². The van der Waals surface area contributed by atoms with Crippen LogP contribution in [0.3, 0.4) is 0 Å². The fourth-order valence-corrected chi connectivity index (χ4v) is 3.16. The SMILES string of the molecule is CCCCOc1ccc(C(=O)Oc2ccc(/C=N\NC(=O)CNC(=O)c3ccc(OCC)cc3)cc2)cc1. The number of hydrazone groups is 1. The number of carbonyl (C=O) groups excluding carboxylic acids is 3. The standard InChI is InChI=1S/C29H31N3O6/c1-3-5-18-37-25-16-10-23(11-17-25)29(35)38-26-12-6-21(7-13-26)19-31-32-27(33)20-30-28(34)22-8-14-24(15-9-22)36-4-2/h6-17,19H,3-5,18,20H2,1-2H3,(H,30,34)(H,32,33)/b31-19-. The third-order valence-corrected chi connectivity index (χ3v) is 5.19. The highest BCUT2D eigenvalue weighted by Gasteiger charge is 2.10. The topological polar surface area (TPSA) is 115 Å². The maximum absolute atomic E-state index is 12.4. The van der Waals surface area contributed by atoms with Crippen molar-refractivity contribution in [1.29, 1.82) is 0 Å². The van der Waals surface area contributed by atoms with E-state index < -0.39 is 11.9 Å². The van der Waals surface area contributed by atoms with Gasteiger partial charge in [0.05, 0.1) is 31.5 Å². The summed E-state index contributed by atoms with van der Waals surface area (Å²) in [6.07, 6.45) is 3.46. The van der Waals surface area contributed by atoms with Crippen molar-refractivity contribution in [3.05, 3.63) is 89.5 Å². The molecule has 0 radical (unpaired) electrons. The molecule has 0 bridgehead atoms. The van der Waals surface area contributed by atoms with Crippen LogP contribution < -0.4 is 25.0 Å². The highest BCUT2D eigenvalue weighted by atomic mass is 16.5. The van der Waals surface area contributed by atoms with Crippen LogP contribution in [0.25, 0.3) is 0 Å². The van der Waals surface area contributed by atoms with Gasteiger partial charge in [-0.15, -0.1) is 0 Å². The van der Waals surface area contributed by atoms with Crippen molar-refractivity contribution in [1.82, 2.24) is 10.7 Å². The molecule has 0 unspecified atom stereocenters. The first-order valence-corrected chi connectivity index (χ1v) is 12.4. The molecule has 3 rings (SSSR count). The van der Waals surface area contributed by atoms with Gasteiger partial charge in [0.25, 0.3) is 11.8 Å². The Balaban J connectivity index is 1.41. The molecule has 0 aromatic heterocycles. The zero-order chi connectivity index (χ0) is 27.2.